The number of rotatable bonds is 6. The van der Waals surface area contributed by atoms with Crippen molar-refractivity contribution in [2.24, 2.45) is 5.73 Å². The molecular weight excluding hydrogens is 240 g/mol. The number of carbonyl (C=O) groups excluding carboxylic acids is 1. The summed E-state index contributed by atoms with van der Waals surface area (Å²) in [6.45, 7) is 8.60. The lowest BCUT2D eigenvalue weighted by Crippen LogP contribution is -2.40. The monoisotopic (exact) mass is 264 g/mol. The van der Waals surface area contributed by atoms with Crippen LogP contribution in [0.3, 0.4) is 0 Å². The first kappa shape index (κ1) is 15.5. The van der Waals surface area contributed by atoms with Crippen molar-refractivity contribution in [3.63, 3.8) is 0 Å². The van der Waals surface area contributed by atoms with Gasteiger partial charge in [0.25, 0.3) is 5.91 Å². The minimum absolute atomic E-state index is 0.0192. The molecule has 3 N–H and O–H groups in total. The summed E-state index contributed by atoms with van der Waals surface area (Å²) < 4.78 is 5.53. The summed E-state index contributed by atoms with van der Waals surface area (Å²) in [5.74, 6) is 1.03. The lowest BCUT2D eigenvalue weighted by molar-refractivity contribution is -0.123. The van der Waals surface area contributed by atoms with Gasteiger partial charge in [-0.1, -0.05) is 19.9 Å². The minimum Gasteiger partial charge on any atom is -0.484 e. The van der Waals surface area contributed by atoms with E-state index in [1.165, 1.54) is 5.56 Å². The Labute approximate surface area is 115 Å². The van der Waals surface area contributed by atoms with Crippen molar-refractivity contribution in [1.82, 2.24) is 5.32 Å². The van der Waals surface area contributed by atoms with Gasteiger partial charge in [0.2, 0.25) is 0 Å². The molecule has 0 heterocycles. The van der Waals surface area contributed by atoms with Crippen LogP contribution >= 0.6 is 0 Å². The zero-order valence-corrected chi connectivity index (χ0v) is 12.2. The minimum atomic E-state index is -0.148. The standard InChI is InChI=1S/C15H24N2O2/c1-10(2)13-5-11(3)6-14(7-13)19-9-15(18)17-12(4)8-16/h5-7,10,12H,8-9,16H2,1-4H3,(H,17,18). The fraction of sp³-hybridized carbons (Fsp3) is 0.533. The van der Waals surface area contributed by atoms with Crippen molar-refractivity contribution in [2.45, 2.75) is 39.7 Å². The molecule has 0 aromatic heterocycles. The van der Waals surface area contributed by atoms with Gasteiger partial charge in [-0.15, -0.1) is 0 Å². The number of hydrogen-bond acceptors (Lipinski definition) is 3. The molecule has 0 aliphatic carbocycles. The molecule has 1 atom stereocenters. The summed E-state index contributed by atoms with van der Waals surface area (Å²) in [5, 5.41) is 2.76. The Bertz CT molecular complexity index is 430. The molecule has 19 heavy (non-hydrogen) atoms. The summed E-state index contributed by atoms with van der Waals surface area (Å²) in [7, 11) is 0. The summed E-state index contributed by atoms with van der Waals surface area (Å²) >= 11 is 0. The van der Waals surface area contributed by atoms with Crippen molar-refractivity contribution in [1.29, 1.82) is 0 Å². The summed E-state index contributed by atoms with van der Waals surface area (Å²) in [6.07, 6.45) is 0. The van der Waals surface area contributed by atoms with Gasteiger partial charge in [-0.3, -0.25) is 4.79 Å². The molecule has 0 radical (unpaired) electrons. The highest BCUT2D eigenvalue weighted by Crippen LogP contribution is 2.22. The van der Waals surface area contributed by atoms with E-state index in [9.17, 15) is 4.79 Å². The van der Waals surface area contributed by atoms with E-state index in [2.05, 4.69) is 25.2 Å². The molecule has 1 rings (SSSR count). The van der Waals surface area contributed by atoms with E-state index in [-0.39, 0.29) is 18.6 Å². The van der Waals surface area contributed by atoms with E-state index < -0.39 is 0 Å². The van der Waals surface area contributed by atoms with Crippen LogP contribution in [0.1, 0.15) is 37.8 Å². The van der Waals surface area contributed by atoms with Crippen LogP contribution < -0.4 is 15.8 Å². The van der Waals surface area contributed by atoms with Gasteiger partial charge in [0, 0.05) is 12.6 Å². The Kier molecular flexibility index (Phi) is 5.83. The second-order valence-electron chi connectivity index (χ2n) is 5.23. The first-order valence-electron chi connectivity index (χ1n) is 6.66. The Morgan fingerprint density at radius 2 is 2.00 bits per heavy atom. The lowest BCUT2D eigenvalue weighted by atomic mass is 10.0. The topological polar surface area (TPSA) is 64.3 Å². The largest absolute Gasteiger partial charge is 0.484 e. The number of nitrogens with two attached hydrogens (primary N) is 1. The third-order valence-corrected chi connectivity index (χ3v) is 2.87. The molecule has 1 aromatic rings. The first-order valence-corrected chi connectivity index (χ1v) is 6.66. The summed E-state index contributed by atoms with van der Waals surface area (Å²) in [4.78, 5) is 11.6. The van der Waals surface area contributed by atoms with Gasteiger partial charge in [-0.2, -0.15) is 0 Å². The van der Waals surface area contributed by atoms with Crippen molar-refractivity contribution >= 4 is 5.91 Å². The third kappa shape index (κ3) is 5.30. The SMILES string of the molecule is Cc1cc(OCC(=O)NC(C)CN)cc(C(C)C)c1. The fourth-order valence-corrected chi connectivity index (χ4v) is 1.72. The molecule has 4 nitrogen and oxygen atoms in total. The maximum Gasteiger partial charge on any atom is 0.258 e. The number of benzene rings is 1. The van der Waals surface area contributed by atoms with Crippen LogP contribution in [0.2, 0.25) is 0 Å². The van der Waals surface area contributed by atoms with Gasteiger partial charge in [-0.05, 0) is 43.0 Å². The number of ether oxygens (including phenoxy) is 1. The Hall–Kier alpha value is -1.55. The smallest absolute Gasteiger partial charge is 0.258 e. The van der Waals surface area contributed by atoms with Crippen molar-refractivity contribution in [3.05, 3.63) is 29.3 Å². The molecule has 0 saturated carbocycles. The van der Waals surface area contributed by atoms with Gasteiger partial charge >= 0.3 is 0 Å². The maximum absolute atomic E-state index is 11.6. The van der Waals surface area contributed by atoms with Crippen molar-refractivity contribution in [3.8, 4) is 5.75 Å². The van der Waals surface area contributed by atoms with Crippen LogP contribution in [0, 0.1) is 6.92 Å². The number of nitrogens with one attached hydrogen (secondary N) is 1. The maximum atomic E-state index is 11.6. The normalized spacial score (nSPS) is 12.3. The lowest BCUT2D eigenvalue weighted by Gasteiger charge is -2.14. The van der Waals surface area contributed by atoms with Crippen LogP contribution in [0.15, 0.2) is 18.2 Å². The quantitative estimate of drug-likeness (QED) is 0.825. The second kappa shape index (κ2) is 7.14. The van der Waals surface area contributed by atoms with E-state index in [0.29, 0.717) is 12.5 Å². The predicted molar refractivity (Wildman–Crippen MR) is 77.4 cm³/mol. The Morgan fingerprint density at radius 1 is 1.32 bits per heavy atom. The number of carbonyl (C=O) groups is 1. The summed E-state index contributed by atoms with van der Waals surface area (Å²) in [6, 6.07) is 6.02. The predicted octanol–water partition coefficient (Wildman–Crippen LogP) is 1.96. The van der Waals surface area contributed by atoms with Crippen LogP contribution in [-0.4, -0.2) is 25.1 Å². The highest BCUT2D eigenvalue weighted by atomic mass is 16.5. The number of hydrogen-bond donors (Lipinski definition) is 2. The fourth-order valence-electron chi connectivity index (χ4n) is 1.72. The van der Waals surface area contributed by atoms with E-state index in [0.717, 1.165) is 11.3 Å². The van der Waals surface area contributed by atoms with Crippen LogP contribution in [-0.2, 0) is 4.79 Å². The summed E-state index contributed by atoms with van der Waals surface area (Å²) in [5.41, 5.74) is 7.79. The van der Waals surface area contributed by atoms with Crippen molar-refractivity contribution in [2.75, 3.05) is 13.2 Å². The average molecular weight is 264 g/mol. The molecule has 0 saturated heterocycles. The molecule has 4 heteroatoms. The van der Waals surface area contributed by atoms with Crippen LogP contribution in [0.25, 0.3) is 0 Å². The Morgan fingerprint density at radius 3 is 2.58 bits per heavy atom. The van der Waals surface area contributed by atoms with Gasteiger partial charge < -0.3 is 15.8 Å². The van der Waals surface area contributed by atoms with Crippen molar-refractivity contribution < 1.29 is 9.53 Å². The van der Waals surface area contributed by atoms with E-state index in [1.54, 1.807) is 0 Å². The molecule has 0 aliphatic heterocycles. The molecule has 0 bridgehead atoms. The van der Waals surface area contributed by atoms with Gasteiger partial charge in [0.1, 0.15) is 5.75 Å². The van der Waals surface area contributed by atoms with E-state index >= 15 is 0 Å². The van der Waals surface area contributed by atoms with Gasteiger partial charge in [0.05, 0.1) is 0 Å². The van der Waals surface area contributed by atoms with Gasteiger partial charge in [-0.25, -0.2) is 0 Å². The number of aryl methyl sites for hydroxylation is 1. The second-order valence-corrected chi connectivity index (χ2v) is 5.23. The van der Waals surface area contributed by atoms with Crippen LogP contribution in [0.4, 0.5) is 0 Å². The highest BCUT2D eigenvalue weighted by molar-refractivity contribution is 5.77. The molecular formula is C15H24N2O2. The van der Waals surface area contributed by atoms with E-state index in [4.69, 9.17) is 10.5 Å². The molecule has 0 aliphatic rings. The molecule has 0 fully saturated rings. The molecule has 0 spiro atoms. The van der Waals surface area contributed by atoms with E-state index in [1.807, 2.05) is 26.0 Å². The molecule has 106 valence electrons. The van der Waals surface area contributed by atoms with Crippen LogP contribution in [0.5, 0.6) is 5.75 Å². The zero-order chi connectivity index (χ0) is 14.4. The zero-order valence-electron chi connectivity index (χ0n) is 12.2. The molecule has 1 unspecified atom stereocenters. The third-order valence-electron chi connectivity index (χ3n) is 2.87. The molecule has 1 amide bonds. The Balaban J connectivity index is 2.60. The number of amides is 1. The average Bonchev–Trinajstić information content (AvgIpc) is 2.35. The molecule has 1 aromatic carbocycles. The first-order chi connectivity index (χ1) is 8.92. The highest BCUT2D eigenvalue weighted by Gasteiger charge is 2.08. The van der Waals surface area contributed by atoms with Gasteiger partial charge in [0.15, 0.2) is 6.61 Å².